The van der Waals surface area contributed by atoms with Crippen molar-refractivity contribution in [2.75, 3.05) is 0 Å². The van der Waals surface area contributed by atoms with E-state index in [1.807, 2.05) is 6.07 Å². The Bertz CT molecular complexity index is 174. The van der Waals surface area contributed by atoms with E-state index in [2.05, 4.69) is 24.3 Å². The summed E-state index contributed by atoms with van der Waals surface area (Å²) in [7, 11) is 0. The van der Waals surface area contributed by atoms with E-state index in [1.165, 1.54) is 22.5 Å². The summed E-state index contributed by atoms with van der Waals surface area (Å²) >= 11 is 1.26. The molecule has 48 valence electrons. The zero-order valence-corrected chi connectivity index (χ0v) is 8.45. The Labute approximate surface area is 69.6 Å². The topological polar surface area (TPSA) is 40.1 Å². The maximum absolute atomic E-state index is 8.25. The number of hydrogen-bond acceptors (Lipinski definition) is 2. The summed E-state index contributed by atoms with van der Waals surface area (Å²) in [5, 5.41) is 8.25. The molecular weight excluding hydrogens is 181 g/mol. The average Bonchev–Trinajstić information content (AvgIpc) is 1.91. The summed E-state index contributed by atoms with van der Waals surface area (Å²) in [6, 6.07) is 10.5. The first kappa shape index (κ1) is 9.31. The van der Waals surface area contributed by atoms with Crippen molar-refractivity contribution in [1.82, 2.24) is 0 Å². The summed E-state index contributed by atoms with van der Waals surface area (Å²) < 4.78 is 1.45. The molecule has 0 heterocycles. The molecule has 0 unspecified atom stereocenters. The molecule has 1 aromatic carbocycles. The third-order valence-electron chi connectivity index (χ3n) is 0.843. The zero-order valence-electron chi connectivity index (χ0n) is 5.49. The van der Waals surface area contributed by atoms with Crippen LogP contribution in [0.3, 0.4) is 0 Å². The van der Waals surface area contributed by atoms with Crippen molar-refractivity contribution in [2.24, 2.45) is 0 Å². The summed E-state index contributed by atoms with van der Waals surface area (Å²) in [5.74, 6) is 0. The Morgan fingerprint density at radius 1 is 1.30 bits per heavy atom. The molecule has 0 spiro atoms. The predicted molar refractivity (Wildman–Crippen MR) is 32.1 cm³/mol. The molecular formula is C7H6O2Zn. The molecule has 0 amide bonds. The summed E-state index contributed by atoms with van der Waals surface area (Å²) in [6.07, 6.45) is 0. The van der Waals surface area contributed by atoms with Crippen LogP contribution in [0.5, 0.6) is 0 Å². The Hall–Kier alpha value is -0.687. The van der Waals surface area contributed by atoms with Crippen LogP contribution < -0.4 is 9.26 Å². The van der Waals surface area contributed by atoms with Crippen LogP contribution in [-0.2, 0) is 23.1 Å². The number of hydrogen-bond donors (Lipinski definition) is 0. The minimum absolute atomic E-state index is 0.500. The Kier molecular flexibility index (Phi) is 5.99. The van der Waals surface area contributed by atoms with E-state index in [-0.39, 0.29) is 0 Å². The van der Waals surface area contributed by atoms with Gasteiger partial charge in [-0.1, -0.05) is 0 Å². The monoisotopic (exact) mass is 186 g/mol. The first-order valence-electron chi connectivity index (χ1n) is 2.74. The van der Waals surface area contributed by atoms with E-state index in [9.17, 15) is 0 Å². The molecule has 0 aromatic heterocycles. The SMILES string of the molecule is O=C[O-].[Zn+][c]1ccccc1. The third kappa shape index (κ3) is 5.45. The molecule has 1 aromatic rings. The van der Waals surface area contributed by atoms with Gasteiger partial charge in [0.2, 0.25) is 0 Å². The summed E-state index contributed by atoms with van der Waals surface area (Å²) in [6.45, 7) is -0.500. The zero-order chi connectivity index (χ0) is 7.82. The van der Waals surface area contributed by atoms with E-state index in [0.717, 1.165) is 0 Å². The van der Waals surface area contributed by atoms with Gasteiger partial charge in [0.25, 0.3) is 0 Å². The van der Waals surface area contributed by atoms with Crippen LogP contribution in [0.1, 0.15) is 0 Å². The molecule has 0 N–H and O–H groups in total. The Morgan fingerprint density at radius 3 is 1.90 bits per heavy atom. The first-order valence-corrected chi connectivity index (χ1v) is 4.22. The third-order valence-corrected chi connectivity index (χ3v) is 1.83. The van der Waals surface area contributed by atoms with E-state index >= 15 is 0 Å². The van der Waals surface area contributed by atoms with Crippen LogP contribution in [0.25, 0.3) is 0 Å². The molecule has 0 atom stereocenters. The van der Waals surface area contributed by atoms with Gasteiger partial charge in [-0.2, -0.15) is 0 Å². The molecule has 0 saturated heterocycles. The number of carbonyl (C=O) groups excluding carboxylic acids is 1. The van der Waals surface area contributed by atoms with Gasteiger partial charge < -0.3 is 9.90 Å². The van der Waals surface area contributed by atoms with E-state index in [4.69, 9.17) is 9.90 Å². The van der Waals surface area contributed by atoms with Crippen molar-refractivity contribution in [2.45, 2.75) is 0 Å². The first-order chi connectivity index (χ1) is 4.81. The molecule has 10 heavy (non-hydrogen) atoms. The van der Waals surface area contributed by atoms with Crippen LogP contribution in [0, 0.1) is 0 Å². The second-order valence-electron chi connectivity index (χ2n) is 1.58. The molecule has 0 bridgehead atoms. The average molecular weight is 188 g/mol. The molecule has 3 heteroatoms. The molecule has 0 radical (unpaired) electrons. The van der Waals surface area contributed by atoms with Crippen molar-refractivity contribution in [3.05, 3.63) is 30.3 Å². The Balaban J connectivity index is 0.000000236. The van der Waals surface area contributed by atoms with Crippen molar-refractivity contribution in [1.29, 1.82) is 0 Å². The van der Waals surface area contributed by atoms with Gasteiger partial charge in [-0.25, -0.2) is 0 Å². The molecule has 0 aliphatic rings. The van der Waals surface area contributed by atoms with Gasteiger partial charge in [0, 0.05) is 6.47 Å². The van der Waals surface area contributed by atoms with Crippen molar-refractivity contribution in [3.8, 4) is 0 Å². The predicted octanol–water partition coefficient (Wildman–Crippen LogP) is -0.775. The minimum atomic E-state index is -0.500. The number of rotatable bonds is 0. The van der Waals surface area contributed by atoms with Crippen LogP contribution in [0.15, 0.2) is 30.3 Å². The van der Waals surface area contributed by atoms with Gasteiger partial charge in [-0.3, -0.25) is 0 Å². The molecule has 0 saturated carbocycles. The number of benzene rings is 1. The second-order valence-corrected chi connectivity index (χ2v) is 3.29. The molecule has 1 rings (SSSR count). The van der Waals surface area contributed by atoms with Gasteiger partial charge in [0.1, 0.15) is 0 Å². The molecule has 2 nitrogen and oxygen atoms in total. The van der Waals surface area contributed by atoms with Crippen molar-refractivity contribution in [3.63, 3.8) is 0 Å². The maximum atomic E-state index is 8.25. The van der Waals surface area contributed by atoms with Crippen molar-refractivity contribution < 1.29 is 28.2 Å². The van der Waals surface area contributed by atoms with Crippen LogP contribution in [0.2, 0.25) is 0 Å². The fourth-order valence-corrected chi connectivity index (χ4v) is 1.05. The standard InChI is InChI=1S/C6H5.CH2O2.Zn/c1-2-4-6-5-3-1;2-1-3;/h1-5H;1H,(H,2,3);/q;;+1/p-1. The Morgan fingerprint density at radius 2 is 1.70 bits per heavy atom. The number of carboxylic acid groups (broad SMARTS) is 1. The second kappa shape index (κ2) is 6.43. The quantitative estimate of drug-likeness (QED) is 0.395. The van der Waals surface area contributed by atoms with Crippen LogP contribution >= 0.6 is 0 Å². The molecule has 0 fully saturated rings. The van der Waals surface area contributed by atoms with E-state index in [1.54, 1.807) is 0 Å². The van der Waals surface area contributed by atoms with Gasteiger partial charge in [0.05, 0.1) is 0 Å². The van der Waals surface area contributed by atoms with Crippen LogP contribution in [-0.4, -0.2) is 6.47 Å². The van der Waals surface area contributed by atoms with Gasteiger partial charge in [0.15, 0.2) is 0 Å². The molecule has 0 aliphatic carbocycles. The van der Waals surface area contributed by atoms with Gasteiger partial charge in [-0.15, -0.1) is 0 Å². The van der Waals surface area contributed by atoms with Gasteiger partial charge >= 0.3 is 52.8 Å². The normalized spacial score (nSPS) is 7.40. The van der Waals surface area contributed by atoms with Crippen molar-refractivity contribution >= 4 is 10.6 Å². The fraction of sp³-hybridized carbons (Fsp3) is 0. The number of carbonyl (C=O) groups is 1. The van der Waals surface area contributed by atoms with Gasteiger partial charge in [-0.05, 0) is 0 Å². The fourth-order valence-electron chi connectivity index (χ4n) is 0.478. The summed E-state index contributed by atoms with van der Waals surface area (Å²) in [4.78, 5) is 8.25. The van der Waals surface area contributed by atoms with E-state index < -0.39 is 6.47 Å². The van der Waals surface area contributed by atoms with E-state index in [0.29, 0.717) is 0 Å². The van der Waals surface area contributed by atoms with Crippen LogP contribution in [0.4, 0.5) is 0 Å². The molecule has 0 aliphatic heterocycles. The summed E-state index contributed by atoms with van der Waals surface area (Å²) in [5.41, 5.74) is 0.